The summed E-state index contributed by atoms with van der Waals surface area (Å²) in [5.41, 5.74) is 2.87. The van der Waals surface area contributed by atoms with Gasteiger partial charge < -0.3 is 15.1 Å². The molecule has 0 bridgehead atoms. The third kappa shape index (κ3) is 4.34. The van der Waals surface area contributed by atoms with Crippen molar-refractivity contribution in [2.24, 2.45) is 0 Å². The smallest absolute Gasteiger partial charge is 0.244 e. The van der Waals surface area contributed by atoms with Crippen LogP contribution in [0.15, 0.2) is 47.1 Å². The minimum absolute atomic E-state index is 0.0886. The Morgan fingerprint density at radius 1 is 1.18 bits per heavy atom. The van der Waals surface area contributed by atoms with E-state index in [9.17, 15) is 9.59 Å². The molecule has 1 aromatic heterocycles. The summed E-state index contributed by atoms with van der Waals surface area (Å²) in [5.74, 6) is -0.0454. The van der Waals surface area contributed by atoms with E-state index in [1.807, 2.05) is 32.0 Å². The molecule has 0 saturated carbocycles. The van der Waals surface area contributed by atoms with Gasteiger partial charge in [0.05, 0.1) is 12.8 Å². The van der Waals surface area contributed by atoms with E-state index in [1.54, 1.807) is 12.1 Å². The maximum absolute atomic E-state index is 11.8. The Hall–Kier alpha value is -2.82. The molecular weight excluding hydrogens is 280 g/mol. The first-order chi connectivity index (χ1) is 10.6. The van der Waals surface area contributed by atoms with E-state index < -0.39 is 0 Å². The van der Waals surface area contributed by atoms with E-state index in [-0.39, 0.29) is 18.4 Å². The maximum atomic E-state index is 11.8. The lowest BCUT2D eigenvalue weighted by molar-refractivity contribution is -0.121. The van der Waals surface area contributed by atoms with Gasteiger partial charge in [-0.1, -0.05) is 12.1 Å². The number of carbonyl (C=O) groups excluding carboxylic acids is 2. The topological polar surface area (TPSA) is 71.3 Å². The fourth-order valence-electron chi connectivity index (χ4n) is 1.85. The number of nitrogens with one attached hydrogen (secondary N) is 2. The molecule has 2 rings (SSSR count). The summed E-state index contributed by atoms with van der Waals surface area (Å²) in [6, 6.07) is 9.15. The Morgan fingerprint density at radius 2 is 2.00 bits per heavy atom. The van der Waals surface area contributed by atoms with Gasteiger partial charge in [-0.15, -0.1) is 0 Å². The van der Waals surface area contributed by atoms with Gasteiger partial charge in [0.1, 0.15) is 5.76 Å². The van der Waals surface area contributed by atoms with Crippen molar-refractivity contribution in [2.75, 3.05) is 11.9 Å². The molecule has 0 atom stereocenters. The summed E-state index contributed by atoms with van der Waals surface area (Å²) in [6.45, 7) is 3.83. The Bertz CT molecular complexity index is 688. The molecule has 5 nitrogen and oxygen atoms in total. The molecule has 0 aliphatic heterocycles. The van der Waals surface area contributed by atoms with Crippen LogP contribution in [0.4, 0.5) is 5.69 Å². The molecule has 22 heavy (non-hydrogen) atoms. The van der Waals surface area contributed by atoms with Crippen LogP contribution in [0.3, 0.4) is 0 Å². The summed E-state index contributed by atoms with van der Waals surface area (Å²) in [5, 5.41) is 5.30. The van der Waals surface area contributed by atoms with E-state index in [0.717, 1.165) is 16.8 Å². The predicted octanol–water partition coefficient (Wildman–Crippen LogP) is 2.66. The highest BCUT2D eigenvalue weighted by molar-refractivity contribution is 5.98. The second-order valence-electron chi connectivity index (χ2n) is 4.86. The Labute approximate surface area is 129 Å². The van der Waals surface area contributed by atoms with Gasteiger partial charge in [-0.3, -0.25) is 9.59 Å². The molecule has 0 spiro atoms. The Kier molecular flexibility index (Phi) is 5.14. The lowest BCUT2D eigenvalue weighted by atomic mass is 10.1. The monoisotopic (exact) mass is 298 g/mol. The highest BCUT2D eigenvalue weighted by Crippen LogP contribution is 2.17. The molecule has 0 saturated heterocycles. The molecule has 2 amide bonds. The predicted molar refractivity (Wildman–Crippen MR) is 85.3 cm³/mol. The summed E-state index contributed by atoms with van der Waals surface area (Å²) < 4.78 is 5.07. The zero-order valence-corrected chi connectivity index (χ0v) is 12.6. The van der Waals surface area contributed by atoms with Crippen molar-refractivity contribution in [3.05, 3.63) is 59.6 Å². The number of aryl methyl sites for hydroxylation is 1. The van der Waals surface area contributed by atoms with Crippen molar-refractivity contribution < 1.29 is 14.0 Å². The van der Waals surface area contributed by atoms with Crippen molar-refractivity contribution in [1.29, 1.82) is 0 Å². The fourth-order valence-corrected chi connectivity index (χ4v) is 1.85. The zero-order chi connectivity index (χ0) is 15.9. The van der Waals surface area contributed by atoms with Gasteiger partial charge in [0.25, 0.3) is 0 Å². The fraction of sp³-hybridized carbons (Fsp3) is 0.176. The maximum Gasteiger partial charge on any atom is 0.244 e. The zero-order valence-electron chi connectivity index (χ0n) is 12.6. The van der Waals surface area contributed by atoms with Crippen molar-refractivity contribution in [1.82, 2.24) is 5.32 Å². The summed E-state index contributed by atoms with van der Waals surface area (Å²) >= 11 is 0. The quantitative estimate of drug-likeness (QED) is 0.834. The number of anilines is 1. The highest BCUT2D eigenvalue weighted by Gasteiger charge is 2.06. The largest absolute Gasteiger partial charge is 0.465 e. The van der Waals surface area contributed by atoms with Crippen LogP contribution in [0.1, 0.15) is 16.9 Å². The molecule has 1 heterocycles. The molecule has 1 aromatic carbocycles. The molecule has 0 unspecified atom stereocenters. The molecule has 0 aliphatic carbocycles. The number of hydrogen-bond donors (Lipinski definition) is 2. The lowest BCUT2D eigenvalue weighted by Gasteiger charge is -2.10. The molecule has 0 aliphatic rings. The first-order valence-corrected chi connectivity index (χ1v) is 6.92. The number of amides is 2. The minimum atomic E-state index is -0.354. The van der Waals surface area contributed by atoms with Crippen molar-refractivity contribution in [3.63, 3.8) is 0 Å². The van der Waals surface area contributed by atoms with Crippen LogP contribution in [0.2, 0.25) is 0 Å². The molecule has 2 N–H and O–H groups in total. The van der Waals surface area contributed by atoms with E-state index in [1.165, 1.54) is 18.4 Å². The summed E-state index contributed by atoms with van der Waals surface area (Å²) in [7, 11) is 0. The minimum Gasteiger partial charge on any atom is -0.465 e. The van der Waals surface area contributed by atoms with E-state index in [2.05, 4.69) is 10.6 Å². The molecular formula is C17H18N2O3. The number of furan rings is 1. The van der Waals surface area contributed by atoms with Crippen LogP contribution in [-0.4, -0.2) is 18.4 Å². The van der Waals surface area contributed by atoms with Gasteiger partial charge in [0.15, 0.2) is 0 Å². The van der Waals surface area contributed by atoms with Crippen LogP contribution in [0.25, 0.3) is 6.08 Å². The second-order valence-corrected chi connectivity index (χ2v) is 4.86. The van der Waals surface area contributed by atoms with Crippen LogP contribution in [-0.2, 0) is 9.59 Å². The van der Waals surface area contributed by atoms with Gasteiger partial charge in [-0.2, -0.15) is 0 Å². The van der Waals surface area contributed by atoms with Crippen molar-refractivity contribution in [3.8, 4) is 0 Å². The molecule has 0 radical (unpaired) electrons. The Balaban J connectivity index is 1.82. The number of carbonyl (C=O) groups is 2. The van der Waals surface area contributed by atoms with E-state index in [0.29, 0.717) is 5.76 Å². The standard InChI is InChI=1S/C17H18N2O3/c1-12-5-3-7-15(13(12)2)19-17(21)11-18-16(20)9-8-14-6-4-10-22-14/h3-10H,11H2,1-2H3,(H,18,20)(H,19,21)/b9-8+. The number of benzene rings is 1. The third-order valence-corrected chi connectivity index (χ3v) is 3.24. The van der Waals surface area contributed by atoms with Crippen molar-refractivity contribution >= 4 is 23.6 Å². The molecule has 5 heteroatoms. The lowest BCUT2D eigenvalue weighted by Crippen LogP contribution is -2.31. The van der Waals surface area contributed by atoms with Gasteiger partial charge in [-0.25, -0.2) is 0 Å². The third-order valence-electron chi connectivity index (χ3n) is 3.24. The molecule has 0 fully saturated rings. The number of hydrogen-bond acceptors (Lipinski definition) is 3. The van der Waals surface area contributed by atoms with Crippen LogP contribution >= 0.6 is 0 Å². The van der Waals surface area contributed by atoms with Gasteiger partial charge in [0.2, 0.25) is 11.8 Å². The second kappa shape index (κ2) is 7.26. The van der Waals surface area contributed by atoms with Crippen LogP contribution < -0.4 is 10.6 Å². The van der Waals surface area contributed by atoms with Crippen LogP contribution in [0.5, 0.6) is 0 Å². The Morgan fingerprint density at radius 3 is 2.73 bits per heavy atom. The molecule has 2 aromatic rings. The van der Waals surface area contributed by atoms with Gasteiger partial charge in [-0.05, 0) is 49.2 Å². The average Bonchev–Trinajstić information content (AvgIpc) is 3.01. The first kappa shape index (κ1) is 15.6. The summed E-state index contributed by atoms with van der Waals surface area (Å²) in [6.07, 6.45) is 4.39. The SMILES string of the molecule is Cc1cccc(NC(=O)CNC(=O)/C=C/c2ccco2)c1C. The van der Waals surface area contributed by atoms with Gasteiger partial charge in [0, 0.05) is 11.8 Å². The van der Waals surface area contributed by atoms with Gasteiger partial charge >= 0.3 is 0 Å². The normalized spacial score (nSPS) is 10.6. The van der Waals surface area contributed by atoms with E-state index >= 15 is 0 Å². The number of rotatable bonds is 5. The van der Waals surface area contributed by atoms with E-state index in [4.69, 9.17) is 4.42 Å². The highest BCUT2D eigenvalue weighted by atomic mass is 16.3. The first-order valence-electron chi connectivity index (χ1n) is 6.92. The summed E-state index contributed by atoms with van der Waals surface area (Å²) in [4.78, 5) is 23.4. The van der Waals surface area contributed by atoms with Crippen LogP contribution in [0, 0.1) is 13.8 Å². The average molecular weight is 298 g/mol. The van der Waals surface area contributed by atoms with Crippen molar-refractivity contribution in [2.45, 2.75) is 13.8 Å². The molecule has 114 valence electrons.